The molecule has 3 aliphatic rings. The van der Waals surface area contributed by atoms with Crippen molar-refractivity contribution in [2.45, 2.75) is 51.0 Å². The van der Waals surface area contributed by atoms with Crippen molar-refractivity contribution in [3.63, 3.8) is 0 Å². The predicted octanol–water partition coefficient (Wildman–Crippen LogP) is 0.579. The van der Waals surface area contributed by atoms with E-state index in [1.54, 1.807) is 0 Å². The summed E-state index contributed by atoms with van der Waals surface area (Å²) in [6, 6.07) is 0.381. The molecule has 0 spiro atoms. The van der Waals surface area contributed by atoms with Gasteiger partial charge in [-0.2, -0.15) is 0 Å². The van der Waals surface area contributed by atoms with Gasteiger partial charge in [-0.25, -0.2) is 0 Å². The summed E-state index contributed by atoms with van der Waals surface area (Å²) < 4.78 is 0. The van der Waals surface area contributed by atoms with Gasteiger partial charge < -0.3 is 15.5 Å². The van der Waals surface area contributed by atoms with Crippen molar-refractivity contribution < 1.29 is 9.59 Å². The highest BCUT2D eigenvalue weighted by Gasteiger charge is 2.24. The molecule has 3 rings (SSSR count). The number of amides is 2. The van der Waals surface area contributed by atoms with Crippen molar-refractivity contribution in [1.82, 2.24) is 20.4 Å². The Bertz CT molecular complexity index is 425. The van der Waals surface area contributed by atoms with Gasteiger partial charge in [-0.3, -0.25) is 14.5 Å². The van der Waals surface area contributed by atoms with Gasteiger partial charge in [0.05, 0.1) is 13.1 Å². The molecule has 0 unspecified atom stereocenters. The molecule has 1 saturated heterocycles. The third kappa shape index (κ3) is 5.74. The number of hydrogen-bond acceptors (Lipinski definition) is 4. The van der Waals surface area contributed by atoms with Crippen molar-refractivity contribution in [3.8, 4) is 0 Å². The number of carbonyl (C=O) groups excluding carboxylic acids is 2. The number of rotatable bonds is 7. The average Bonchev–Trinajstić information content (AvgIpc) is 3.40. The maximum atomic E-state index is 12.2. The topological polar surface area (TPSA) is 64.7 Å². The van der Waals surface area contributed by atoms with Gasteiger partial charge in [-0.05, 0) is 38.1 Å². The van der Waals surface area contributed by atoms with Gasteiger partial charge in [-0.1, -0.05) is 19.3 Å². The minimum atomic E-state index is 0.146. The molecule has 0 bridgehead atoms. The summed E-state index contributed by atoms with van der Waals surface area (Å²) >= 11 is 0. The fraction of sp³-hybridized carbons (Fsp3) is 0.889. The molecular formula is C18H32N4O2. The van der Waals surface area contributed by atoms with Crippen LogP contribution in [-0.2, 0) is 9.59 Å². The smallest absolute Gasteiger partial charge is 0.236 e. The van der Waals surface area contributed by atoms with Crippen molar-refractivity contribution in [1.29, 1.82) is 0 Å². The molecule has 24 heavy (non-hydrogen) atoms. The molecule has 3 fully saturated rings. The van der Waals surface area contributed by atoms with E-state index < -0.39 is 0 Å². The predicted molar refractivity (Wildman–Crippen MR) is 93.6 cm³/mol. The molecule has 1 heterocycles. The number of hydrogen-bond donors (Lipinski definition) is 2. The first-order chi connectivity index (χ1) is 11.7. The second kappa shape index (κ2) is 8.81. The zero-order chi connectivity index (χ0) is 16.8. The third-order valence-corrected chi connectivity index (χ3v) is 5.47. The molecule has 0 aromatic heterocycles. The monoisotopic (exact) mass is 336 g/mol. The maximum Gasteiger partial charge on any atom is 0.236 e. The first-order valence-electron chi connectivity index (χ1n) is 9.71. The first kappa shape index (κ1) is 17.7. The standard InChI is InChI=1S/C18H32N4O2/c23-17(20-16-4-2-1-3-5-16)14-21-8-10-22(11-9-21)18(24)13-19-12-15-6-7-15/h15-16,19H,1-14H2,(H,20,23). The van der Waals surface area contributed by atoms with Crippen molar-refractivity contribution in [2.75, 3.05) is 45.8 Å². The number of nitrogens with one attached hydrogen (secondary N) is 2. The molecule has 136 valence electrons. The average molecular weight is 336 g/mol. The van der Waals surface area contributed by atoms with Crippen LogP contribution in [0.25, 0.3) is 0 Å². The second-order valence-electron chi connectivity index (χ2n) is 7.63. The van der Waals surface area contributed by atoms with Crippen LogP contribution in [0.2, 0.25) is 0 Å². The van der Waals surface area contributed by atoms with Gasteiger partial charge in [0.15, 0.2) is 0 Å². The van der Waals surface area contributed by atoms with Crippen LogP contribution in [0.5, 0.6) is 0 Å². The Labute approximate surface area is 145 Å². The van der Waals surface area contributed by atoms with Crippen LogP contribution >= 0.6 is 0 Å². The first-order valence-corrected chi connectivity index (χ1v) is 9.71. The summed E-state index contributed by atoms with van der Waals surface area (Å²) in [7, 11) is 0. The molecule has 2 N–H and O–H groups in total. The Morgan fingerprint density at radius 3 is 2.29 bits per heavy atom. The molecule has 0 aromatic carbocycles. The lowest BCUT2D eigenvalue weighted by molar-refractivity contribution is -0.132. The second-order valence-corrected chi connectivity index (χ2v) is 7.63. The van der Waals surface area contributed by atoms with Crippen LogP contribution in [0.4, 0.5) is 0 Å². The summed E-state index contributed by atoms with van der Waals surface area (Å²) in [6.07, 6.45) is 8.65. The van der Waals surface area contributed by atoms with Crippen molar-refractivity contribution in [2.24, 2.45) is 5.92 Å². The molecule has 0 radical (unpaired) electrons. The normalized spacial score (nSPS) is 23.2. The summed E-state index contributed by atoms with van der Waals surface area (Å²) in [6.45, 7) is 4.98. The fourth-order valence-electron chi connectivity index (χ4n) is 3.70. The molecule has 6 nitrogen and oxygen atoms in total. The molecule has 0 aromatic rings. The van der Waals surface area contributed by atoms with E-state index in [1.165, 1.54) is 32.1 Å². The van der Waals surface area contributed by atoms with E-state index >= 15 is 0 Å². The highest BCUT2D eigenvalue weighted by Crippen LogP contribution is 2.27. The fourth-order valence-corrected chi connectivity index (χ4v) is 3.70. The van der Waals surface area contributed by atoms with Gasteiger partial charge in [0.2, 0.25) is 11.8 Å². The minimum Gasteiger partial charge on any atom is -0.352 e. The van der Waals surface area contributed by atoms with E-state index in [-0.39, 0.29) is 11.8 Å². The summed E-state index contributed by atoms with van der Waals surface area (Å²) in [5.41, 5.74) is 0. The van der Waals surface area contributed by atoms with Crippen LogP contribution in [-0.4, -0.2) is 73.5 Å². The summed E-state index contributed by atoms with van der Waals surface area (Å²) in [4.78, 5) is 28.4. The highest BCUT2D eigenvalue weighted by atomic mass is 16.2. The molecule has 2 amide bonds. The zero-order valence-electron chi connectivity index (χ0n) is 14.8. The van der Waals surface area contributed by atoms with Gasteiger partial charge in [0.1, 0.15) is 0 Å². The molecular weight excluding hydrogens is 304 g/mol. The van der Waals surface area contributed by atoms with Gasteiger partial charge in [-0.15, -0.1) is 0 Å². The maximum absolute atomic E-state index is 12.2. The third-order valence-electron chi connectivity index (χ3n) is 5.47. The molecule has 2 saturated carbocycles. The Morgan fingerprint density at radius 2 is 1.62 bits per heavy atom. The Morgan fingerprint density at radius 1 is 0.917 bits per heavy atom. The van der Waals surface area contributed by atoms with Gasteiger partial charge in [0.25, 0.3) is 0 Å². The lowest BCUT2D eigenvalue weighted by Gasteiger charge is -2.34. The van der Waals surface area contributed by atoms with Gasteiger partial charge >= 0.3 is 0 Å². The van der Waals surface area contributed by atoms with Gasteiger partial charge in [0, 0.05) is 32.2 Å². The Kier molecular flexibility index (Phi) is 6.49. The van der Waals surface area contributed by atoms with E-state index in [1.807, 2.05) is 4.90 Å². The SMILES string of the molecule is O=C(CN1CCN(C(=O)CNCC2CC2)CC1)NC1CCCCC1. The van der Waals surface area contributed by atoms with Crippen LogP contribution in [0.1, 0.15) is 44.9 Å². The van der Waals surface area contributed by atoms with E-state index in [2.05, 4.69) is 15.5 Å². The summed E-state index contributed by atoms with van der Waals surface area (Å²) in [5, 5.41) is 6.44. The molecule has 0 atom stereocenters. The largest absolute Gasteiger partial charge is 0.352 e. The number of carbonyl (C=O) groups is 2. The molecule has 2 aliphatic carbocycles. The van der Waals surface area contributed by atoms with Crippen LogP contribution in [0.3, 0.4) is 0 Å². The van der Waals surface area contributed by atoms with Crippen LogP contribution in [0.15, 0.2) is 0 Å². The van der Waals surface area contributed by atoms with E-state index in [0.29, 0.717) is 19.1 Å². The number of piperazine rings is 1. The van der Waals surface area contributed by atoms with Crippen LogP contribution in [0, 0.1) is 5.92 Å². The van der Waals surface area contributed by atoms with E-state index in [4.69, 9.17) is 0 Å². The van der Waals surface area contributed by atoms with Crippen molar-refractivity contribution >= 4 is 11.8 Å². The molecule has 6 heteroatoms. The lowest BCUT2D eigenvalue weighted by Crippen LogP contribution is -2.53. The summed E-state index contributed by atoms with van der Waals surface area (Å²) in [5.74, 6) is 1.15. The number of nitrogens with zero attached hydrogens (tertiary/aromatic N) is 2. The quantitative estimate of drug-likeness (QED) is 0.714. The van der Waals surface area contributed by atoms with Crippen molar-refractivity contribution in [3.05, 3.63) is 0 Å². The Hall–Kier alpha value is -1.14. The Balaban J connectivity index is 1.29. The zero-order valence-corrected chi connectivity index (χ0v) is 14.8. The minimum absolute atomic E-state index is 0.146. The van der Waals surface area contributed by atoms with E-state index in [0.717, 1.165) is 51.5 Å². The van der Waals surface area contributed by atoms with E-state index in [9.17, 15) is 9.59 Å². The molecule has 1 aliphatic heterocycles. The highest BCUT2D eigenvalue weighted by molar-refractivity contribution is 5.79. The van der Waals surface area contributed by atoms with Crippen LogP contribution < -0.4 is 10.6 Å². The lowest BCUT2D eigenvalue weighted by atomic mass is 9.95.